The highest BCUT2D eigenvalue weighted by Crippen LogP contribution is 2.29. The maximum atomic E-state index is 10.9. The molecule has 0 unspecified atom stereocenters. The quantitative estimate of drug-likeness (QED) is 0.489. The highest BCUT2D eigenvalue weighted by molar-refractivity contribution is 5.45. The highest BCUT2D eigenvalue weighted by Gasteiger charge is 2.19. The summed E-state index contributed by atoms with van der Waals surface area (Å²) in [6, 6.07) is 7.07. The Balaban J connectivity index is 2.39. The van der Waals surface area contributed by atoms with E-state index in [2.05, 4.69) is 15.4 Å². The van der Waals surface area contributed by atoms with Crippen LogP contribution in [0.15, 0.2) is 30.5 Å². The Bertz CT molecular complexity index is 617. The molecule has 98 valence electrons. The van der Waals surface area contributed by atoms with Crippen molar-refractivity contribution in [3.8, 4) is 11.6 Å². The molecule has 0 fully saturated rings. The third-order valence-electron chi connectivity index (χ3n) is 2.27. The molecular weight excluding hydrogens is 250 g/mol. The van der Waals surface area contributed by atoms with E-state index in [9.17, 15) is 10.1 Å². The monoisotopic (exact) mass is 261 g/mol. The molecule has 2 aromatic rings. The Morgan fingerprint density at radius 3 is 2.89 bits per heavy atom. The lowest BCUT2D eigenvalue weighted by Gasteiger charge is -2.06. The number of hydrogen-bond donors (Lipinski definition) is 2. The standard InChI is InChI=1S/C11H11N5O3/c1-7-3-2-4-8(5-7)19-10-9(16(17)18)6-13-11(14-10)15-12/h2-6H,12H2,1H3,(H,13,14,15). The van der Waals surface area contributed by atoms with E-state index in [0.29, 0.717) is 5.75 Å². The maximum absolute atomic E-state index is 10.9. The van der Waals surface area contributed by atoms with E-state index in [0.717, 1.165) is 11.8 Å². The van der Waals surface area contributed by atoms with Gasteiger partial charge in [-0.15, -0.1) is 0 Å². The first-order valence-electron chi connectivity index (χ1n) is 5.32. The molecule has 2 rings (SSSR count). The fourth-order valence-corrected chi connectivity index (χ4v) is 1.42. The Labute approximate surface area is 108 Å². The topological polar surface area (TPSA) is 116 Å². The molecule has 1 aromatic carbocycles. The molecule has 1 aromatic heterocycles. The summed E-state index contributed by atoms with van der Waals surface area (Å²) in [5.74, 6) is 5.48. The maximum Gasteiger partial charge on any atom is 0.349 e. The average Bonchev–Trinajstić information content (AvgIpc) is 2.38. The highest BCUT2D eigenvalue weighted by atomic mass is 16.6. The van der Waals surface area contributed by atoms with Crippen molar-refractivity contribution in [3.63, 3.8) is 0 Å². The second-order valence-corrected chi connectivity index (χ2v) is 3.70. The number of nitro groups is 1. The van der Waals surface area contributed by atoms with Gasteiger partial charge in [-0.2, -0.15) is 4.98 Å². The van der Waals surface area contributed by atoms with Gasteiger partial charge in [0.25, 0.3) is 0 Å². The molecular formula is C11H11N5O3. The summed E-state index contributed by atoms with van der Waals surface area (Å²) >= 11 is 0. The van der Waals surface area contributed by atoms with Gasteiger partial charge in [-0.25, -0.2) is 10.8 Å². The van der Waals surface area contributed by atoms with Crippen LogP contribution >= 0.6 is 0 Å². The van der Waals surface area contributed by atoms with Gasteiger partial charge in [0, 0.05) is 0 Å². The summed E-state index contributed by atoms with van der Waals surface area (Å²) in [5.41, 5.74) is 2.84. The van der Waals surface area contributed by atoms with E-state index in [1.54, 1.807) is 18.2 Å². The number of hydrogen-bond acceptors (Lipinski definition) is 7. The number of hydrazine groups is 1. The summed E-state index contributed by atoms with van der Waals surface area (Å²) in [6.07, 6.45) is 1.04. The van der Waals surface area contributed by atoms with Crippen LogP contribution in [-0.4, -0.2) is 14.9 Å². The van der Waals surface area contributed by atoms with Crippen molar-refractivity contribution < 1.29 is 9.66 Å². The summed E-state index contributed by atoms with van der Waals surface area (Å²) in [7, 11) is 0. The third kappa shape index (κ3) is 2.93. The number of aromatic nitrogens is 2. The smallest absolute Gasteiger partial charge is 0.349 e. The summed E-state index contributed by atoms with van der Waals surface area (Å²) in [6.45, 7) is 1.88. The van der Waals surface area contributed by atoms with Crippen molar-refractivity contribution in [2.45, 2.75) is 6.92 Å². The number of anilines is 1. The first kappa shape index (κ1) is 12.7. The zero-order chi connectivity index (χ0) is 13.8. The largest absolute Gasteiger partial charge is 0.434 e. The van der Waals surface area contributed by atoms with Crippen LogP contribution in [0.25, 0.3) is 0 Å². The van der Waals surface area contributed by atoms with Gasteiger partial charge in [0.2, 0.25) is 5.95 Å². The van der Waals surface area contributed by atoms with Crippen LogP contribution in [0.2, 0.25) is 0 Å². The lowest BCUT2D eigenvalue weighted by molar-refractivity contribution is -0.386. The number of nitrogens with one attached hydrogen (secondary N) is 1. The molecule has 0 spiro atoms. The van der Waals surface area contributed by atoms with Gasteiger partial charge < -0.3 is 4.74 Å². The van der Waals surface area contributed by atoms with Crippen LogP contribution in [0.5, 0.6) is 11.6 Å². The lowest BCUT2D eigenvalue weighted by Crippen LogP contribution is -2.11. The van der Waals surface area contributed by atoms with Gasteiger partial charge >= 0.3 is 11.6 Å². The van der Waals surface area contributed by atoms with Gasteiger partial charge in [-0.05, 0) is 24.6 Å². The predicted molar refractivity (Wildman–Crippen MR) is 67.7 cm³/mol. The van der Waals surface area contributed by atoms with E-state index < -0.39 is 4.92 Å². The number of benzene rings is 1. The second-order valence-electron chi connectivity index (χ2n) is 3.70. The van der Waals surface area contributed by atoms with Crippen LogP contribution in [0.4, 0.5) is 11.6 Å². The number of ether oxygens (including phenoxy) is 1. The van der Waals surface area contributed by atoms with Gasteiger partial charge in [0.05, 0.1) is 4.92 Å². The SMILES string of the molecule is Cc1cccc(Oc2nc(NN)ncc2[N+](=O)[O-])c1. The zero-order valence-electron chi connectivity index (χ0n) is 10.0. The number of rotatable bonds is 4. The Kier molecular flexibility index (Phi) is 3.53. The second kappa shape index (κ2) is 5.27. The Hall–Kier alpha value is -2.74. The molecule has 0 saturated carbocycles. The van der Waals surface area contributed by atoms with E-state index in [-0.39, 0.29) is 17.5 Å². The first-order chi connectivity index (χ1) is 9.10. The average molecular weight is 261 g/mol. The van der Waals surface area contributed by atoms with Crippen molar-refractivity contribution in [2.24, 2.45) is 5.84 Å². The Morgan fingerprint density at radius 2 is 2.26 bits per heavy atom. The molecule has 8 heteroatoms. The van der Waals surface area contributed by atoms with E-state index in [1.165, 1.54) is 0 Å². The molecule has 0 aliphatic carbocycles. The first-order valence-corrected chi connectivity index (χ1v) is 5.32. The number of nitrogens with zero attached hydrogens (tertiary/aromatic N) is 3. The van der Waals surface area contributed by atoms with Crippen molar-refractivity contribution in [3.05, 3.63) is 46.1 Å². The third-order valence-corrected chi connectivity index (χ3v) is 2.27. The fourth-order valence-electron chi connectivity index (χ4n) is 1.42. The molecule has 0 aliphatic heterocycles. The molecule has 0 radical (unpaired) electrons. The van der Waals surface area contributed by atoms with E-state index in [1.807, 2.05) is 13.0 Å². The van der Waals surface area contributed by atoms with Crippen LogP contribution < -0.4 is 16.0 Å². The summed E-state index contributed by atoms with van der Waals surface area (Å²) in [4.78, 5) is 17.7. The van der Waals surface area contributed by atoms with Gasteiger partial charge in [0.1, 0.15) is 11.9 Å². The molecule has 0 atom stereocenters. The minimum Gasteiger partial charge on any atom is -0.434 e. The molecule has 3 N–H and O–H groups in total. The fraction of sp³-hybridized carbons (Fsp3) is 0.0909. The molecule has 8 nitrogen and oxygen atoms in total. The summed E-state index contributed by atoms with van der Waals surface area (Å²) < 4.78 is 5.41. The molecule has 0 aliphatic rings. The van der Waals surface area contributed by atoms with Gasteiger partial charge in [-0.3, -0.25) is 15.5 Å². The Morgan fingerprint density at radius 1 is 1.47 bits per heavy atom. The molecule has 0 amide bonds. The lowest BCUT2D eigenvalue weighted by atomic mass is 10.2. The van der Waals surface area contributed by atoms with Crippen molar-refractivity contribution >= 4 is 11.6 Å². The predicted octanol–water partition coefficient (Wildman–Crippen LogP) is 1.77. The van der Waals surface area contributed by atoms with E-state index >= 15 is 0 Å². The van der Waals surface area contributed by atoms with Crippen molar-refractivity contribution in [2.75, 3.05) is 5.43 Å². The molecule has 19 heavy (non-hydrogen) atoms. The van der Waals surface area contributed by atoms with Crippen LogP contribution in [-0.2, 0) is 0 Å². The van der Waals surface area contributed by atoms with Crippen molar-refractivity contribution in [1.29, 1.82) is 0 Å². The normalized spacial score (nSPS) is 10.0. The van der Waals surface area contributed by atoms with E-state index in [4.69, 9.17) is 10.6 Å². The summed E-state index contributed by atoms with van der Waals surface area (Å²) in [5, 5.41) is 10.9. The minimum absolute atomic E-state index is 0.0354. The minimum atomic E-state index is -0.620. The van der Waals surface area contributed by atoms with Crippen LogP contribution in [0, 0.1) is 17.0 Å². The number of nitrogen functional groups attached to an aromatic ring is 1. The zero-order valence-corrected chi connectivity index (χ0v) is 10.0. The van der Waals surface area contributed by atoms with Crippen LogP contribution in [0.3, 0.4) is 0 Å². The van der Waals surface area contributed by atoms with Crippen molar-refractivity contribution in [1.82, 2.24) is 9.97 Å². The molecule has 0 saturated heterocycles. The van der Waals surface area contributed by atoms with Gasteiger partial charge in [0.15, 0.2) is 0 Å². The molecule has 0 bridgehead atoms. The number of aryl methyl sites for hydroxylation is 1. The number of nitrogens with two attached hydrogens (primary N) is 1. The molecule has 1 heterocycles. The van der Waals surface area contributed by atoms with Crippen LogP contribution in [0.1, 0.15) is 5.56 Å². The van der Waals surface area contributed by atoms with Gasteiger partial charge in [-0.1, -0.05) is 12.1 Å².